The summed E-state index contributed by atoms with van der Waals surface area (Å²) in [7, 11) is 0. The number of carbonyl (C=O) groups excluding carboxylic acids is 2. The largest absolute Gasteiger partial charge is 0.459 e. The van der Waals surface area contributed by atoms with Crippen LogP contribution in [0.1, 0.15) is 37.5 Å². The molecule has 2 heterocycles. The first-order valence-corrected chi connectivity index (χ1v) is 14.6. The van der Waals surface area contributed by atoms with Gasteiger partial charge in [-0.2, -0.15) is 10.2 Å². The lowest BCUT2D eigenvalue weighted by molar-refractivity contribution is -0.149. The van der Waals surface area contributed by atoms with E-state index in [1.165, 1.54) is 6.20 Å². The van der Waals surface area contributed by atoms with Crippen LogP contribution in [0.15, 0.2) is 65.2 Å². The van der Waals surface area contributed by atoms with Gasteiger partial charge in [0.15, 0.2) is 0 Å². The molecule has 4 rings (SSSR count). The first kappa shape index (κ1) is 31.2. The van der Waals surface area contributed by atoms with Gasteiger partial charge in [-0.25, -0.2) is 14.6 Å². The van der Waals surface area contributed by atoms with E-state index in [-0.39, 0.29) is 18.2 Å². The van der Waals surface area contributed by atoms with E-state index in [1.54, 1.807) is 44.7 Å². The molecule has 0 radical (unpaired) electrons. The molecule has 0 bridgehead atoms. The standard InChI is InChI=1S/C31H34N6O5S/c1-31(2,3)42-28(38)24(18-32)16-23-8-9-25-26(17-23)43-15-13-37(25)12-14-40-30(39)35-19-21-4-6-22(7-5-21)20-41-29-34-11-10-27(33)36-29/h4-11,16-17H,12-15,19-20H2,1-3H3,(H,35,39)(H2,33,34,36)/b24-16+. The van der Waals surface area contributed by atoms with Gasteiger partial charge in [-0.05, 0) is 61.7 Å². The molecule has 1 aromatic heterocycles. The second kappa shape index (κ2) is 14.4. The highest BCUT2D eigenvalue weighted by molar-refractivity contribution is 7.99. The van der Waals surface area contributed by atoms with Crippen molar-refractivity contribution in [2.24, 2.45) is 0 Å². The number of thioether (sulfide) groups is 1. The molecule has 0 aliphatic carbocycles. The van der Waals surface area contributed by atoms with Crippen LogP contribution in [0.25, 0.3) is 6.08 Å². The summed E-state index contributed by atoms with van der Waals surface area (Å²) in [6.45, 7) is 7.45. The van der Waals surface area contributed by atoms with Crippen molar-refractivity contribution in [1.82, 2.24) is 15.3 Å². The van der Waals surface area contributed by atoms with Crippen molar-refractivity contribution in [3.63, 3.8) is 0 Å². The fourth-order valence-corrected chi connectivity index (χ4v) is 5.15. The van der Waals surface area contributed by atoms with Crippen molar-refractivity contribution in [2.75, 3.05) is 36.1 Å². The minimum atomic E-state index is -0.685. The molecule has 3 aromatic rings. The minimum absolute atomic E-state index is 0.0546. The zero-order valence-corrected chi connectivity index (χ0v) is 25.1. The molecule has 2 aromatic carbocycles. The van der Waals surface area contributed by atoms with E-state index in [2.05, 4.69) is 20.2 Å². The van der Waals surface area contributed by atoms with Crippen LogP contribution in [0, 0.1) is 11.3 Å². The Morgan fingerprint density at radius 1 is 1.16 bits per heavy atom. The van der Waals surface area contributed by atoms with E-state index in [4.69, 9.17) is 19.9 Å². The topological polar surface area (TPSA) is 153 Å². The number of nitriles is 1. The highest BCUT2D eigenvalue weighted by Gasteiger charge is 2.21. The second-order valence-corrected chi connectivity index (χ2v) is 11.7. The molecule has 0 saturated carbocycles. The summed E-state index contributed by atoms with van der Waals surface area (Å²) >= 11 is 1.70. The van der Waals surface area contributed by atoms with Crippen LogP contribution in [0.5, 0.6) is 6.01 Å². The zero-order valence-electron chi connectivity index (χ0n) is 24.3. The first-order valence-electron chi connectivity index (χ1n) is 13.7. The quantitative estimate of drug-likeness (QED) is 0.188. The number of anilines is 2. The minimum Gasteiger partial charge on any atom is -0.459 e. The number of hydrogen-bond donors (Lipinski definition) is 2. The highest BCUT2D eigenvalue weighted by Crippen LogP contribution is 2.35. The molecule has 3 N–H and O–H groups in total. The summed E-state index contributed by atoms with van der Waals surface area (Å²) in [5.41, 5.74) is 8.49. The van der Waals surface area contributed by atoms with Gasteiger partial charge in [0.1, 0.15) is 36.3 Å². The van der Waals surface area contributed by atoms with Crippen molar-refractivity contribution in [2.45, 2.75) is 44.4 Å². The van der Waals surface area contributed by atoms with E-state index in [0.717, 1.165) is 39.6 Å². The second-order valence-electron chi connectivity index (χ2n) is 10.6. The van der Waals surface area contributed by atoms with E-state index < -0.39 is 17.7 Å². The van der Waals surface area contributed by atoms with Crippen molar-refractivity contribution in [1.29, 1.82) is 5.26 Å². The monoisotopic (exact) mass is 602 g/mol. The lowest BCUT2D eigenvalue weighted by Crippen LogP contribution is -2.34. The van der Waals surface area contributed by atoms with Gasteiger partial charge in [0, 0.05) is 29.9 Å². The maximum Gasteiger partial charge on any atom is 0.407 e. The molecule has 0 unspecified atom stereocenters. The predicted octanol–water partition coefficient (Wildman–Crippen LogP) is 4.72. The molecule has 224 valence electrons. The molecular weight excluding hydrogens is 568 g/mol. The molecule has 0 saturated heterocycles. The summed E-state index contributed by atoms with van der Waals surface area (Å²) in [6, 6.07) is 17.1. The van der Waals surface area contributed by atoms with Gasteiger partial charge >= 0.3 is 18.1 Å². The molecule has 0 fully saturated rings. The first-order chi connectivity index (χ1) is 20.6. The molecule has 1 amide bonds. The zero-order chi connectivity index (χ0) is 30.8. The number of amides is 1. The number of benzene rings is 2. The normalized spacial score (nSPS) is 13.0. The molecular formula is C31H34N6O5S. The van der Waals surface area contributed by atoms with Crippen LogP contribution < -0.4 is 20.7 Å². The number of ether oxygens (including phenoxy) is 3. The van der Waals surface area contributed by atoms with Gasteiger partial charge in [-0.1, -0.05) is 30.3 Å². The van der Waals surface area contributed by atoms with Crippen molar-refractivity contribution in [3.8, 4) is 12.1 Å². The maximum atomic E-state index is 12.3. The third-order valence-corrected chi connectivity index (χ3v) is 7.10. The Bertz CT molecular complexity index is 1510. The summed E-state index contributed by atoms with van der Waals surface area (Å²) in [5, 5.41) is 12.2. The Balaban J connectivity index is 1.23. The molecule has 43 heavy (non-hydrogen) atoms. The van der Waals surface area contributed by atoms with Gasteiger partial charge in [0.25, 0.3) is 0 Å². The predicted molar refractivity (Wildman–Crippen MR) is 164 cm³/mol. The Morgan fingerprint density at radius 2 is 1.93 bits per heavy atom. The van der Waals surface area contributed by atoms with Crippen molar-refractivity contribution in [3.05, 3.63) is 77.0 Å². The Labute approximate surface area is 255 Å². The van der Waals surface area contributed by atoms with Gasteiger partial charge in [-0.15, -0.1) is 11.8 Å². The Hall–Kier alpha value is -4.76. The molecule has 0 spiro atoms. The number of hydrogen-bond acceptors (Lipinski definition) is 11. The molecule has 11 nitrogen and oxygen atoms in total. The number of nitrogens with one attached hydrogen (secondary N) is 1. The van der Waals surface area contributed by atoms with E-state index in [9.17, 15) is 14.9 Å². The molecule has 0 atom stereocenters. The number of esters is 1. The fraction of sp³-hybridized carbons (Fsp3) is 0.323. The van der Waals surface area contributed by atoms with Gasteiger partial charge in [0.05, 0.1) is 12.2 Å². The third-order valence-electron chi connectivity index (χ3n) is 6.07. The smallest absolute Gasteiger partial charge is 0.407 e. The summed E-state index contributed by atoms with van der Waals surface area (Å²) < 4.78 is 16.3. The Morgan fingerprint density at radius 3 is 2.65 bits per heavy atom. The van der Waals surface area contributed by atoms with Crippen LogP contribution >= 0.6 is 11.8 Å². The van der Waals surface area contributed by atoms with Crippen LogP contribution in [0.2, 0.25) is 0 Å². The number of carbonyl (C=O) groups is 2. The van der Waals surface area contributed by atoms with Gasteiger partial charge < -0.3 is 30.2 Å². The van der Waals surface area contributed by atoms with E-state index >= 15 is 0 Å². The summed E-state index contributed by atoms with van der Waals surface area (Å²) in [6.07, 6.45) is 2.58. The lowest BCUT2D eigenvalue weighted by atomic mass is 10.1. The number of fused-ring (bicyclic) bond motifs is 1. The molecule has 12 heteroatoms. The van der Waals surface area contributed by atoms with Crippen LogP contribution in [-0.4, -0.2) is 53.1 Å². The number of nitrogen functional groups attached to an aromatic ring is 1. The van der Waals surface area contributed by atoms with Gasteiger partial charge in [-0.3, -0.25) is 0 Å². The summed E-state index contributed by atoms with van der Waals surface area (Å²) in [4.78, 5) is 35.8. The highest BCUT2D eigenvalue weighted by atomic mass is 32.2. The molecule has 1 aliphatic rings. The number of alkyl carbamates (subject to hydrolysis) is 1. The number of nitrogens with two attached hydrogens (primary N) is 1. The third kappa shape index (κ3) is 9.65. The van der Waals surface area contributed by atoms with E-state index in [0.29, 0.717) is 25.5 Å². The lowest BCUT2D eigenvalue weighted by Gasteiger charge is -2.30. The average Bonchev–Trinajstić information content (AvgIpc) is 2.97. The number of aromatic nitrogens is 2. The van der Waals surface area contributed by atoms with E-state index in [1.807, 2.05) is 48.5 Å². The van der Waals surface area contributed by atoms with Crippen molar-refractivity contribution < 1.29 is 23.8 Å². The number of rotatable bonds is 10. The summed E-state index contributed by atoms with van der Waals surface area (Å²) in [5.74, 6) is 0.551. The van der Waals surface area contributed by atoms with Crippen LogP contribution in [0.4, 0.5) is 16.3 Å². The maximum absolute atomic E-state index is 12.3. The Kier molecular flexibility index (Phi) is 10.5. The van der Waals surface area contributed by atoms with Gasteiger partial charge in [0.2, 0.25) is 0 Å². The number of nitrogens with zero attached hydrogens (tertiary/aromatic N) is 4. The van der Waals surface area contributed by atoms with Crippen LogP contribution in [0.3, 0.4) is 0 Å². The average molecular weight is 603 g/mol. The van der Waals surface area contributed by atoms with Crippen LogP contribution in [-0.2, 0) is 27.4 Å². The fourth-order valence-electron chi connectivity index (χ4n) is 4.05. The SMILES string of the molecule is CC(C)(C)OC(=O)/C(C#N)=C/c1ccc2c(c1)SCCN2CCOC(=O)NCc1ccc(COc2nccc(N)n2)cc1. The molecule has 1 aliphatic heterocycles. The van der Waals surface area contributed by atoms with Crippen molar-refractivity contribution >= 4 is 41.4 Å².